The molecule has 0 unspecified atom stereocenters. The van der Waals surface area contributed by atoms with E-state index in [0.717, 1.165) is 12.1 Å². The number of hydrogen-bond donors (Lipinski definition) is 0. The van der Waals surface area contributed by atoms with Gasteiger partial charge < -0.3 is 13.9 Å². The molecule has 0 spiro atoms. The van der Waals surface area contributed by atoms with Crippen LogP contribution in [0, 0.1) is 17.2 Å². The van der Waals surface area contributed by atoms with Crippen LogP contribution in [0.4, 0.5) is 5.88 Å². The highest BCUT2D eigenvalue weighted by Gasteiger charge is 2.37. The zero-order valence-corrected chi connectivity index (χ0v) is 20.5. The Labute approximate surface area is 204 Å². The fourth-order valence-corrected chi connectivity index (χ4v) is 6.73. The summed E-state index contributed by atoms with van der Waals surface area (Å²) in [6, 6.07) is 13.9. The number of nitrogens with zero attached hydrogens (tertiary/aromatic N) is 5. The van der Waals surface area contributed by atoms with Crippen molar-refractivity contribution in [3.8, 4) is 17.5 Å². The number of hydrogen-bond acceptors (Lipinski definition) is 7. The maximum absolute atomic E-state index is 12.8. The molecule has 2 aliphatic heterocycles. The van der Waals surface area contributed by atoms with E-state index in [9.17, 15) is 18.5 Å². The van der Waals surface area contributed by atoms with Crippen LogP contribution in [0.1, 0.15) is 37.6 Å². The normalized spacial score (nSPS) is 19.4. The first kappa shape index (κ1) is 23.3. The number of nitriles is 1. The Balaban J connectivity index is 1.43. The topological polar surface area (TPSA) is 112 Å². The van der Waals surface area contributed by atoms with E-state index in [1.807, 2.05) is 15.5 Å². The molecule has 2 aliphatic rings. The molecule has 2 aromatic heterocycles. The lowest BCUT2D eigenvalue weighted by atomic mass is 9.83. The summed E-state index contributed by atoms with van der Waals surface area (Å²) in [6.45, 7) is 6.34. The predicted octanol–water partition coefficient (Wildman–Crippen LogP) is 3.03. The summed E-state index contributed by atoms with van der Waals surface area (Å²) in [5.41, 5.74) is 1.84. The summed E-state index contributed by atoms with van der Waals surface area (Å²) in [4.78, 5) is 19.0. The summed E-state index contributed by atoms with van der Waals surface area (Å²) in [5, 5.41) is 9.74. The second-order valence-corrected chi connectivity index (χ2v) is 10.9. The standard InChI is InChI=1S/C25H27N5O4S/c1-3-29(4-2)35(32,33)20-10-8-18(9-11-20)24-27-21(13-26)25(34-24)28-14-17-12-19(16-28)22-6-5-7-23(31)30(22)15-17/h5-11,17,19H,3-4,12,14-16H2,1-2H3/t17-,19+/m1/s1. The van der Waals surface area contributed by atoms with Crippen LogP contribution in [0.15, 0.2) is 56.6 Å². The molecule has 4 heterocycles. The molecule has 35 heavy (non-hydrogen) atoms. The van der Waals surface area contributed by atoms with Crippen molar-refractivity contribution in [3.05, 3.63) is 64.2 Å². The van der Waals surface area contributed by atoms with Crippen molar-refractivity contribution in [2.24, 2.45) is 5.92 Å². The van der Waals surface area contributed by atoms with Crippen LogP contribution < -0.4 is 10.5 Å². The Morgan fingerprint density at radius 3 is 2.54 bits per heavy atom. The maximum Gasteiger partial charge on any atom is 0.250 e. The Morgan fingerprint density at radius 1 is 1.11 bits per heavy atom. The number of oxazole rings is 1. The molecule has 1 aromatic carbocycles. The van der Waals surface area contributed by atoms with Crippen molar-refractivity contribution >= 4 is 15.9 Å². The second kappa shape index (κ2) is 8.98. The van der Waals surface area contributed by atoms with Gasteiger partial charge >= 0.3 is 0 Å². The third-order valence-corrected chi connectivity index (χ3v) is 8.99. The predicted molar refractivity (Wildman–Crippen MR) is 131 cm³/mol. The van der Waals surface area contributed by atoms with Crippen molar-refractivity contribution in [2.45, 2.75) is 37.6 Å². The van der Waals surface area contributed by atoms with Crippen LogP contribution in [-0.2, 0) is 16.6 Å². The number of rotatable bonds is 6. The lowest BCUT2D eigenvalue weighted by Gasteiger charge is -2.42. The third kappa shape index (κ3) is 4.05. The van der Waals surface area contributed by atoms with Gasteiger partial charge in [-0.2, -0.15) is 14.6 Å². The SMILES string of the molecule is CCN(CC)S(=O)(=O)c1ccc(-c2nc(C#N)c(N3C[C@H]4C[C@@H](C3)c3cccc(=O)n3C4)o2)cc1. The number of pyridine rings is 1. The molecular formula is C25H27N5O4S. The van der Waals surface area contributed by atoms with Crippen molar-refractivity contribution in [3.63, 3.8) is 0 Å². The van der Waals surface area contributed by atoms with E-state index in [-0.39, 0.29) is 33.9 Å². The van der Waals surface area contributed by atoms with Crippen molar-refractivity contribution in [2.75, 3.05) is 31.1 Å². The summed E-state index contributed by atoms with van der Waals surface area (Å²) in [5.74, 6) is 1.13. The van der Waals surface area contributed by atoms with Crippen molar-refractivity contribution in [1.82, 2.24) is 13.9 Å². The first-order valence-corrected chi connectivity index (χ1v) is 13.3. The maximum atomic E-state index is 12.8. The summed E-state index contributed by atoms with van der Waals surface area (Å²) in [7, 11) is -3.56. The van der Waals surface area contributed by atoms with E-state index in [1.54, 1.807) is 50.2 Å². The lowest BCUT2D eigenvalue weighted by Crippen LogP contribution is -2.47. The Hall–Kier alpha value is -3.42. The van der Waals surface area contributed by atoms with Gasteiger partial charge in [0.2, 0.25) is 27.5 Å². The molecule has 0 aliphatic carbocycles. The second-order valence-electron chi connectivity index (χ2n) is 9.00. The van der Waals surface area contributed by atoms with Gasteiger partial charge in [0.1, 0.15) is 6.07 Å². The van der Waals surface area contributed by atoms with E-state index < -0.39 is 10.0 Å². The van der Waals surface area contributed by atoms with Gasteiger partial charge in [-0.3, -0.25) is 4.79 Å². The molecule has 9 nitrogen and oxygen atoms in total. The van der Waals surface area contributed by atoms with Crippen LogP contribution >= 0.6 is 0 Å². The zero-order chi connectivity index (χ0) is 24.7. The highest BCUT2D eigenvalue weighted by Crippen LogP contribution is 2.39. The fourth-order valence-electron chi connectivity index (χ4n) is 5.27. The first-order valence-electron chi connectivity index (χ1n) is 11.8. The molecule has 182 valence electrons. The van der Waals surface area contributed by atoms with Crippen molar-refractivity contribution < 1.29 is 12.8 Å². The Kier molecular flexibility index (Phi) is 5.99. The first-order chi connectivity index (χ1) is 16.8. The van der Waals surface area contributed by atoms with Gasteiger partial charge in [0.15, 0.2) is 0 Å². The number of aromatic nitrogens is 2. The van der Waals surface area contributed by atoms with Gasteiger partial charge in [0.25, 0.3) is 5.56 Å². The summed E-state index contributed by atoms with van der Waals surface area (Å²) >= 11 is 0. The van der Waals surface area contributed by atoms with Crippen LogP contribution in [0.2, 0.25) is 0 Å². The quantitative estimate of drug-likeness (QED) is 0.519. The van der Waals surface area contributed by atoms with Gasteiger partial charge in [-0.05, 0) is 42.7 Å². The molecule has 10 heteroatoms. The Bertz CT molecular complexity index is 1450. The smallest absolute Gasteiger partial charge is 0.250 e. The fraction of sp³-hybridized carbons (Fsp3) is 0.400. The number of benzene rings is 1. The van der Waals surface area contributed by atoms with Gasteiger partial charge in [0.05, 0.1) is 4.90 Å². The molecule has 0 saturated carbocycles. The van der Waals surface area contributed by atoms with Gasteiger partial charge in [0, 0.05) is 56.0 Å². The van der Waals surface area contributed by atoms with Gasteiger partial charge in [-0.1, -0.05) is 19.9 Å². The minimum atomic E-state index is -3.56. The number of fused-ring (bicyclic) bond motifs is 4. The molecule has 2 bridgehead atoms. The molecule has 2 atom stereocenters. The Morgan fingerprint density at radius 2 is 1.86 bits per heavy atom. The van der Waals surface area contributed by atoms with E-state index in [2.05, 4.69) is 11.1 Å². The van der Waals surface area contributed by atoms with E-state index in [4.69, 9.17) is 4.42 Å². The van der Waals surface area contributed by atoms with Crippen LogP contribution in [-0.4, -0.2) is 48.5 Å². The third-order valence-electron chi connectivity index (χ3n) is 6.93. The number of sulfonamides is 1. The monoisotopic (exact) mass is 493 g/mol. The highest BCUT2D eigenvalue weighted by molar-refractivity contribution is 7.89. The lowest BCUT2D eigenvalue weighted by molar-refractivity contribution is 0.275. The summed E-state index contributed by atoms with van der Waals surface area (Å²) in [6.07, 6.45) is 0.991. The van der Waals surface area contributed by atoms with E-state index in [1.165, 1.54) is 4.31 Å². The number of piperidine rings is 1. The molecule has 1 fully saturated rings. The van der Waals surface area contributed by atoms with Crippen molar-refractivity contribution in [1.29, 1.82) is 5.26 Å². The minimum Gasteiger partial charge on any atom is -0.419 e. The zero-order valence-electron chi connectivity index (χ0n) is 19.7. The van der Waals surface area contributed by atoms with Gasteiger partial charge in [-0.15, -0.1) is 0 Å². The molecule has 3 aromatic rings. The number of anilines is 1. The van der Waals surface area contributed by atoms with E-state index >= 15 is 0 Å². The van der Waals surface area contributed by atoms with Crippen LogP contribution in [0.5, 0.6) is 0 Å². The van der Waals surface area contributed by atoms with Gasteiger partial charge in [-0.25, -0.2) is 8.42 Å². The molecule has 0 N–H and O–H groups in total. The molecule has 1 saturated heterocycles. The van der Waals surface area contributed by atoms with E-state index in [0.29, 0.717) is 44.2 Å². The highest BCUT2D eigenvalue weighted by atomic mass is 32.2. The average Bonchev–Trinajstić information content (AvgIpc) is 3.30. The molecule has 5 rings (SSSR count). The minimum absolute atomic E-state index is 0.0248. The van der Waals surface area contributed by atoms with Crippen LogP contribution in [0.3, 0.4) is 0 Å². The average molecular weight is 494 g/mol. The van der Waals surface area contributed by atoms with Crippen LogP contribution in [0.25, 0.3) is 11.5 Å². The molecule has 0 amide bonds. The molecule has 0 radical (unpaired) electrons. The largest absolute Gasteiger partial charge is 0.419 e. The molecular weight excluding hydrogens is 466 g/mol. The summed E-state index contributed by atoms with van der Waals surface area (Å²) < 4.78 is 34.9.